The summed E-state index contributed by atoms with van der Waals surface area (Å²) in [6.45, 7) is -0.0307. The quantitative estimate of drug-likeness (QED) is 0.937. The van der Waals surface area contributed by atoms with Gasteiger partial charge in [-0.15, -0.1) is 0 Å². The summed E-state index contributed by atoms with van der Waals surface area (Å²) in [5, 5.41) is 9.52. The zero-order valence-electron chi connectivity index (χ0n) is 10.7. The van der Waals surface area contributed by atoms with Crippen molar-refractivity contribution in [3.8, 4) is 0 Å². The maximum Gasteiger partial charge on any atom is 0.217 e. The molecule has 0 saturated carbocycles. The summed E-state index contributed by atoms with van der Waals surface area (Å²) in [5.74, 6) is 0.595. The predicted octanol–water partition coefficient (Wildman–Crippen LogP) is 3.33. The van der Waals surface area contributed by atoms with Crippen LogP contribution < -0.4 is 0 Å². The van der Waals surface area contributed by atoms with Crippen LogP contribution in [-0.4, -0.2) is 23.7 Å². The highest BCUT2D eigenvalue weighted by molar-refractivity contribution is 9.10. The number of aliphatic hydroxyl groups excluding tert-OH is 1. The molecule has 2 aromatic rings. The molecule has 1 aliphatic heterocycles. The van der Waals surface area contributed by atoms with Crippen LogP contribution in [0.25, 0.3) is 0 Å². The van der Waals surface area contributed by atoms with Gasteiger partial charge < -0.3 is 9.84 Å². The van der Waals surface area contributed by atoms with Gasteiger partial charge in [0, 0.05) is 10.0 Å². The van der Waals surface area contributed by atoms with Gasteiger partial charge in [0.1, 0.15) is 6.04 Å². The van der Waals surface area contributed by atoms with E-state index in [0.29, 0.717) is 5.90 Å². The SMILES string of the molecule is OC[C@H]1N=C(c2ccccc2)O[C@@H]1c1ccc(Br)cc1. The first-order chi connectivity index (χ1) is 9.78. The van der Waals surface area contributed by atoms with Gasteiger partial charge in [0.05, 0.1) is 6.61 Å². The summed E-state index contributed by atoms with van der Waals surface area (Å²) in [4.78, 5) is 4.49. The minimum atomic E-state index is -0.258. The molecule has 0 fully saturated rings. The highest BCUT2D eigenvalue weighted by Gasteiger charge is 2.32. The third kappa shape index (κ3) is 2.62. The summed E-state index contributed by atoms with van der Waals surface area (Å²) < 4.78 is 6.97. The molecule has 0 aliphatic carbocycles. The molecule has 0 spiro atoms. The van der Waals surface area contributed by atoms with E-state index >= 15 is 0 Å². The minimum Gasteiger partial charge on any atom is -0.467 e. The van der Waals surface area contributed by atoms with Gasteiger partial charge in [-0.1, -0.05) is 46.3 Å². The Balaban J connectivity index is 1.87. The molecule has 0 saturated heterocycles. The first-order valence-electron chi connectivity index (χ1n) is 6.44. The van der Waals surface area contributed by atoms with Crippen molar-refractivity contribution >= 4 is 21.8 Å². The van der Waals surface area contributed by atoms with Crippen LogP contribution in [0.1, 0.15) is 17.2 Å². The second kappa shape index (κ2) is 5.77. The van der Waals surface area contributed by atoms with Gasteiger partial charge >= 0.3 is 0 Å². The Bertz CT molecular complexity index is 610. The zero-order chi connectivity index (χ0) is 13.9. The van der Waals surface area contributed by atoms with Crippen LogP contribution in [0, 0.1) is 0 Å². The number of aliphatic imine (C=N–C) groups is 1. The normalized spacial score (nSPS) is 21.4. The first-order valence-corrected chi connectivity index (χ1v) is 7.23. The van der Waals surface area contributed by atoms with E-state index in [1.54, 1.807) is 0 Å². The van der Waals surface area contributed by atoms with E-state index in [4.69, 9.17) is 4.74 Å². The van der Waals surface area contributed by atoms with Crippen molar-refractivity contribution < 1.29 is 9.84 Å². The standard InChI is InChI=1S/C16H14BrNO2/c17-13-8-6-11(7-9-13)15-14(10-19)18-16(20-15)12-4-2-1-3-5-12/h1-9,14-15,19H,10H2/t14-,15-/m1/s1. The molecule has 1 heterocycles. The van der Waals surface area contributed by atoms with E-state index in [2.05, 4.69) is 20.9 Å². The number of ether oxygens (including phenoxy) is 1. The van der Waals surface area contributed by atoms with Crippen molar-refractivity contribution in [3.63, 3.8) is 0 Å². The number of hydrogen-bond donors (Lipinski definition) is 1. The summed E-state index contributed by atoms with van der Waals surface area (Å²) in [6, 6.07) is 17.4. The fourth-order valence-corrected chi connectivity index (χ4v) is 2.51. The number of benzene rings is 2. The first kappa shape index (κ1) is 13.3. The second-order valence-corrected chi connectivity index (χ2v) is 5.56. The molecular formula is C16H14BrNO2. The minimum absolute atomic E-state index is 0.0307. The van der Waals surface area contributed by atoms with E-state index in [0.717, 1.165) is 15.6 Å². The van der Waals surface area contributed by atoms with Crippen molar-refractivity contribution in [3.05, 3.63) is 70.2 Å². The molecule has 3 rings (SSSR count). The molecule has 0 aromatic heterocycles. The lowest BCUT2D eigenvalue weighted by Crippen LogP contribution is -2.17. The fourth-order valence-electron chi connectivity index (χ4n) is 2.25. The molecule has 3 nitrogen and oxygen atoms in total. The van der Waals surface area contributed by atoms with E-state index in [1.165, 1.54) is 0 Å². The number of nitrogens with zero attached hydrogens (tertiary/aromatic N) is 1. The van der Waals surface area contributed by atoms with Crippen LogP contribution in [0.5, 0.6) is 0 Å². The van der Waals surface area contributed by atoms with Gasteiger partial charge in [0.15, 0.2) is 6.10 Å². The van der Waals surface area contributed by atoms with Crippen molar-refractivity contribution in [2.75, 3.05) is 6.61 Å². The Morgan fingerprint density at radius 1 is 1.05 bits per heavy atom. The summed E-state index contributed by atoms with van der Waals surface area (Å²) in [6.07, 6.45) is -0.233. The Kier molecular flexibility index (Phi) is 3.85. The summed E-state index contributed by atoms with van der Waals surface area (Å²) >= 11 is 3.42. The van der Waals surface area contributed by atoms with Crippen molar-refractivity contribution in [2.24, 2.45) is 4.99 Å². The van der Waals surface area contributed by atoms with E-state index in [-0.39, 0.29) is 18.8 Å². The molecule has 1 aliphatic rings. The van der Waals surface area contributed by atoms with Crippen LogP contribution in [0.2, 0.25) is 0 Å². The predicted molar refractivity (Wildman–Crippen MR) is 81.8 cm³/mol. The fraction of sp³-hybridized carbons (Fsp3) is 0.188. The van der Waals surface area contributed by atoms with Crippen LogP contribution in [0.4, 0.5) is 0 Å². The number of halogens is 1. The monoisotopic (exact) mass is 331 g/mol. The summed E-state index contributed by atoms with van der Waals surface area (Å²) in [7, 11) is 0. The van der Waals surface area contributed by atoms with E-state index < -0.39 is 0 Å². The second-order valence-electron chi connectivity index (χ2n) is 4.64. The lowest BCUT2D eigenvalue weighted by atomic mass is 10.0. The third-order valence-electron chi connectivity index (χ3n) is 3.28. The molecule has 4 heteroatoms. The largest absolute Gasteiger partial charge is 0.467 e. The van der Waals surface area contributed by atoms with Crippen LogP contribution >= 0.6 is 15.9 Å². The van der Waals surface area contributed by atoms with Gasteiger partial charge in [0.25, 0.3) is 0 Å². The van der Waals surface area contributed by atoms with E-state index in [9.17, 15) is 5.11 Å². The Labute approximate surface area is 126 Å². The number of aliphatic hydroxyl groups is 1. The molecule has 2 aromatic carbocycles. The Morgan fingerprint density at radius 2 is 1.75 bits per heavy atom. The third-order valence-corrected chi connectivity index (χ3v) is 3.81. The molecule has 1 N–H and O–H groups in total. The van der Waals surface area contributed by atoms with Gasteiger partial charge in [0.2, 0.25) is 5.90 Å². The molecule has 102 valence electrons. The van der Waals surface area contributed by atoms with Gasteiger partial charge in [-0.25, -0.2) is 4.99 Å². The molecule has 0 amide bonds. The lowest BCUT2D eigenvalue weighted by molar-refractivity contribution is 0.152. The van der Waals surface area contributed by atoms with Gasteiger partial charge in [-0.3, -0.25) is 0 Å². The maximum atomic E-state index is 9.52. The number of rotatable bonds is 3. The Hall–Kier alpha value is -1.65. The van der Waals surface area contributed by atoms with E-state index in [1.807, 2.05) is 54.6 Å². The van der Waals surface area contributed by atoms with Crippen LogP contribution in [0.15, 0.2) is 64.1 Å². The average molecular weight is 332 g/mol. The number of hydrogen-bond acceptors (Lipinski definition) is 3. The Morgan fingerprint density at radius 3 is 2.40 bits per heavy atom. The lowest BCUT2D eigenvalue weighted by Gasteiger charge is -2.16. The molecular weight excluding hydrogens is 318 g/mol. The molecule has 20 heavy (non-hydrogen) atoms. The van der Waals surface area contributed by atoms with Crippen molar-refractivity contribution in [1.29, 1.82) is 0 Å². The van der Waals surface area contributed by atoms with Gasteiger partial charge in [-0.2, -0.15) is 0 Å². The van der Waals surface area contributed by atoms with Crippen molar-refractivity contribution in [2.45, 2.75) is 12.1 Å². The smallest absolute Gasteiger partial charge is 0.217 e. The summed E-state index contributed by atoms with van der Waals surface area (Å²) in [5.41, 5.74) is 1.95. The van der Waals surface area contributed by atoms with Gasteiger partial charge in [-0.05, 0) is 29.8 Å². The maximum absolute atomic E-state index is 9.52. The highest BCUT2D eigenvalue weighted by Crippen LogP contribution is 2.31. The van der Waals surface area contributed by atoms with Crippen LogP contribution in [-0.2, 0) is 4.74 Å². The molecule has 0 bridgehead atoms. The zero-order valence-corrected chi connectivity index (χ0v) is 12.3. The van der Waals surface area contributed by atoms with Crippen LogP contribution in [0.3, 0.4) is 0 Å². The van der Waals surface area contributed by atoms with Crippen molar-refractivity contribution in [1.82, 2.24) is 0 Å². The topological polar surface area (TPSA) is 41.8 Å². The average Bonchev–Trinajstić information content (AvgIpc) is 2.93. The molecule has 0 unspecified atom stereocenters. The molecule has 0 radical (unpaired) electrons. The molecule has 2 atom stereocenters. The highest BCUT2D eigenvalue weighted by atomic mass is 79.9.